The Morgan fingerprint density at radius 1 is 1.44 bits per heavy atom. The number of hydrogen-bond donors (Lipinski definition) is 2. The van der Waals surface area contributed by atoms with Crippen molar-refractivity contribution >= 4 is 5.91 Å². The van der Waals surface area contributed by atoms with Gasteiger partial charge in [0.1, 0.15) is 0 Å². The van der Waals surface area contributed by atoms with Crippen LogP contribution in [0.2, 0.25) is 0 Å². The van der Waals surface area contributed by atoms with Crippen LogP contribution in [0.4, 0.5) is 0 Å². The van der Waals surface area contributed by atoms with Crippen molar-refractivity contribution in [3.63, 3.8) is 0 Å². The number of aromatic nitrogens is 1. The molecule has 1 aliphatic rings. The molecule has 0 radical (unpaired) electrons. The van der Waals surface area contributed by atoms with Crippen LogP contribution in [0.15, 0.2) is 18.3 Å². The van der Waals surface area contributed by atoms with E-state index in [0.29, 0.717) is 12.5 Å². The average Bonchev–Trinajstić information content (AvgIpc) is 2.81. The van der Waals surface area contributed by atoms with Gasteiger partial charge in [-0.15, -0.1) is 0 Å². The van der Waals surface area contributed by atoms with Crippen molar-refractivity contribution in [2.45, 2.75) is 32.2 Å². The number of aryl methyl sites for hydroxylation is 1. The van der Waals surface area contributed by atoms with E-state index in [4.69, 9.17) is 5.73 Å². The maximum atomic E-state index is 12.0. The Kier molecular flexibility index (Phi) is 4.42. The van der Waals surface area contributed by atoms with Crippen molar-refractivity contribution in [2.75, 3.05) is 6.54 Å². The van der Waals surface area contributed by atoms with E-state index in [-0.39, 0.29) is 11.8 Å². The molecule has 0 aliphatic heterocycles. The maximum Gasteiger partial charge on any atom is 0.223 e. The first-order chi connectivity index (χ1) is 8.70. The van der Waals surface area contributed by atoms with Crippen molar-refractivity contribution in [3.8, 4) is 0 Å². The first-order valence-electron chi connectivity index (χ1n) is 6.78. The highest BCUT2D eigenvalue weighted by Gasteiger charge is 2.25. The molecule has 1 aromatic rings. The van der Waals surface area contributed by atoms with Crippen molar-refractivity contribution in [3.05, 3.63) is 24.0 Å². The van der Waals surface area contributed by atoms with E-state index in [1.54, 1.807) is 0 Å². The molecule has 1 saturated carbocycles. The molecule has 0 bridgehead atoms. The molecular formula is C14H23N3O. The normalized spacial score (nSPS) is 23.9. The second-order valence-electron chi connectivity index (χ2n) is 5.28. The van der Waals surface area contributed by atoms with E-state index in [1.807, 2.05) is 29.9 Å². The van der Waals surface area contributed by atoms with E-state index >= 15 is 0 Å². The monoisotopic (exact) mass is 249 g/mol. The molecule has 0 spiro atoms. The van der Waals surface area contributed by atoms with E-state index in [9.17, 15) is 4.79 Å². The van der Waals surface area contributed by atoms with Crippen molar-refractivity contribution in [1.82, 2.24) is 9.88 Å². The Morgan fingerprint density at radius 2 is 2.17 bits per heavy atom. The summed E-state index contributed by atoms with van der Waals surface area (Å²) in [6.45, 7) is 1.39. The molecule has 18 heavy (non-hydrogen) atoms. The van der Waals surface area contributed by atoms with Gasteiger partial charge in [0, 0.05) is 24.9 Å². The minimum Gasteiger partial charge on any atom is -0.353 e. The SMILES string of the molecule is Cn1cccc1CNC(=O)C1CCC(CN)CC1. The molecule has 2 rings (SSSR count). The van der Waals surface area contributed by atoms with Crippen molar-refractivity contribution in [2.24, 2.45) is 24.6 Å². The zero-order valence-corrected chi connectivity index (χ0v) is 11.1. The van der Waals surface area contributed by atoms with Gasteiger partial charge in [-0.05, 0) is 50.3 Å². The van der Waals surface area contributed by atoms with Crippen LogP contribution in [0.1, 0.15) is 31.4 Å². The fourth-order valence-electron chi connectivity index (χ4n) is 2.66. The van der Waals surface area contributed by atoms with Crippen LogP contribution in [0.5, 0.6) is 0 Å². The van der Waals surface area contributed by atoms with E-state index in [1.165, 1.54) is 0 Å². The summed E-state index contributed by atoms with van der Waals surface area (Å²) in [5.74, 6) is 1.02. The van der Waals surface area contributed by atoms with Crippen LogP contribution in [0.3, 0.4) is 0 Å². The predicted octanol–water partition coefficient (Wildman–Crippen LogP) is 1.41. The number of nitrogens with zero attached hydrogens (tertiary/aromatic N) is 1. The summed E-state index contributed by atoms with van der Waals surface area (Å²) in [7, 11) is 1.99. The molecule has 0 saturated heterocycles. The topological polar surface area (TPSA) is 60.0 Å². The van der Waals surface area contributed by atoms with Gasteiger partial charge in [-0.3, -0.25) is 4.79 Å². The van der Waals surface area contributed by atoms with Crippen LogP contribution < -0.4 is 11.1 Å². The quantitative estimate of drug-likeness (QED) is 0.847. The summed E-state index contributed by atoms with van der Waals surface area (Å²) in [6.07, 6.45) is 6.16. The van der Waals surface area contributed by atoms with Crippen LogP contribution in [-0.2, 0) is 18.4 Å². The third-order valence-electron chi connectivity index (χ3n) is 4.05. The second kappa shape index (κ2) is 6.05. The lowest BCUT2D eigenvalue weighted by Crippen LogP contribution is -2.34. The summed E-state index contributed by atoms with van der Waals surface area (Å²) < 4.78 is 2.03. The molecular weight excluding hydrogens is 226 g/mol. The number of rotatable bonds is 4. The summed E-state index contributed by atoms with van der Waals surface area (Å²) in [4.78, 5) is 12.0. The van der Waals surface area contributed by atoms with Gasteiger partial charge in [-0.25, -0.2) is 0 Å². The summed E-state index contributed by atoms with van der Waals surface area (Å²) >= 11 is 0. The maximum absolute atomic E-state index is 12.0. The molecule has 3 N–H and O–H groups in total. The predicted molar refractivity (Wildman–Crippen MR) is 71.8 cm³/mol. The number of amides is 1. The first-order valence-corrected chi connectivity index (χ1v) is 6.78. The molecule has 1 fully saturated rings. The third kappa shape index (κ3) is 3.13. The fourth-order valence-corrected chi connectivity index (χ4v) is 2.66. The summed E-state index contributed by atoms with van der Waals surface area (Å²) in [5.41, 5.74) is 6.80. The van der Waals surface area contributed by atoms with Gasteiger partial charge < -0.3 is 15.6 Å². The van der Waals surface area contributed by atoms with Crippen molar-refractivity contribution in [1.29, 1.82) is 0 Å². The lowest BCUT2D eigenvalue weighted by atomic mass is 9.81. The highest BCUT2D eigenvalue weighted by atomic mass is 16.1. The Bertz CT molecular complexity index is 391. The van der Waals surface area contributed by atoms with E-state index in [2.05, 4.69) is 5.32 Å². The fraction of sp³-hybridized carbons (Fsp3) is 0.643. The molecule has 1 heterocycles. The standard InChI is InChI=1S/C14H23N3O/c1-17-8-2-3-13(17)10-16-14(18)12-6-4-11(9-15)5-7-12/h2-3,8,11-12H,4-7,9-10,15H2,1H3,(H,16,18). The molecule has 0 atom stereocenters. The van der Waals surface area contributed by atoms with Gasteiger partial charge in [0.05, 0.1) is 6.54 Å². The number of hydrogen-bond acceptors (Lipinski definition) is 2. The molecule has 1 amide bonds. The minimum absolute atomic E-state index is 0.188. The van der Waals surface area contributed by atoms with Gasteiger partial charge in [0.15, 0.2) is 0 Å². The highest BCUT2D eigenvalue weighted by Crippen LogP contribution is 2.28. The van der Waals surface area contributed by atoms with Gasteiger partial charge >= 0.3 is 0 Å². The molecule has 0 aromatic carbocycles. The first kappa shape index (κ1) is 13.1. The molecule has 4 nitrogen and oxygen atoms in total. The zero-order valence-electron chi connectivity index (χ0n) is 11.1. The van der Waals surface area contributed by atoms with Crippen LogP contribution >= 0.6 is 0 Å². The minimum atomic E-state index is 0.188. The van der Waals surface area contributed by atoms with Crippen LogP contribution in [-0.4, -0.2) is 17.0 Å². The van der Waals surface area contributed by atoms with Gasteiger partial charge in [-0.1, -0.05) is 0 Å². The van der Waals surface area contributed by atoms with Crippen LogP contribution in [0.25, 0.3) is 0 Å². The Labute approximate surface area is 109 Å². The number of carbonyl (C=O) groups excluding carboxylic acids is 1. The molecule has 4 heteroatoms. The Hall–Kier alpha value is -1.29. The van der Waals surface area contributed by atoms with E-state index in [0.717, 1.165) is 37.9 Å². The van der Waals surface area contributed by atoms with Gasteiger partial charge in [0.25, 0.3) is 0 Å². The third-order valence-corrected chi connectivity index (χ3v) is 4.05. The molecule has 1 aromatic heterocycles. The average molecular weight is 249 g/mol. The Balaban J connectivity index is 1.77. The van der Waals surface area contributed by atoms with Crippen LogP contribution in [0, 0.1) is 11.8 Å². The number of nitrogens with one attached hydrogen (secondary N) is 1. The molecule has 100 valence electrons. The van der Waals surface area contributed by atoms with Crippen molar-refractivity contribution < 1.29 is 4.79 Å². The van der Waals surface area contributed by atoms with Gasteiger partial charge in [-0.2, -0.15) is 0 Å². The van der Waals surface area contributed by atoms with Gasteiger partial charge in [0.2, 0.25) is 5.91 Å². The largest absolute Gasteiger partial charge is 0.353 e. The second-order valence-corrected chi connectivity index (χ2v) is 5.28. The number of carbonyl (C=O) groups is 1. The number of nitrogens with two attached hydrogens (primary N) is 1. The molecule has 1 aliphatic carbocycles. The molecule has 0 unspecified atom stereocenters. The van der Waals surface area contributed by atoms with E-state index < -0.39 is 0 Å². The lowest BCUT2D eigenvalue weighted by Gasteiger charge is -2.26. The smallest absolute Gasteiger partial charge is 0.223 e. The Morgan fingerprint density at radius 3 is 2.72 bits per heavy atom. The highest BCUT2D eigenvalue weighted by molar-refractivity contribution is 5.78. The summed E-state index contributed by atoms with van der Waals surface area (Å²) in [6, 6.07) is 4.03. The lowest BCUT2D eigenvalue weighted by molar-refractivity contribution is -0.126. The summed E-state index contributed by atoms with van der Waals surface area (Å²) in [5, 5.41) is 3.04. The zero-order chi connectivity index (χ0) is 13.0.